The summed E-state index contributed by atoms with van der Waals surface area (Å²) in [6, 6.07) is 7.57. The maximum atomic E-state index is 12.7. The van der Waals surface area contributed by atoms with E-state index in [-0.39, 0.29) is 17.8 Å². The van der Waals surface area contributed by atoms with Gasteiger partial charge in [-0.05, 0) is 31.7 Å². The second kappa shape index (κ2) is 7.85. The minimum Gasteiger partial charge on any atom is -0.368 e. The topological polar surface area (TPSA) is 66.9 Å². The van der Waals surface area contributed by atoms with Crippen molar-refractivity contribution in [3.8, 4) is 0 Å². The molecule has 2 aliphatic rings. The molecule has 0 N–H and O–H groups in total. The molecule has 25 heavy (non-hydrogen) atoms. The molecule has 0 radical (unpaired) electrons. The van der Waals surface area contributed by atoms with E-state index < -0.39 is 10.0 Å². The molecule has 138 valence electrons. The molecule has 2 aliphatic heterocycles. The van der Waals surface area contributed by atoms with Crippen LogP contribution in [0.4, 0.5) is 0 Å². The Morgan fingerprint density at radius 3 is 2.56 bits per heavy atom. The summed E-state index contributed by atoms with van der Waals surface area (Å²) in [6.07, 6.45) is 2.01. The van der Waals surface area contributed by atoms with Crippen molar-refractivity contribution in [2.24, 2.45) is 0 Å². The number of rotatable bonds is 4. The van der Waals surface area contributed by atoms with Gasteiger partial charge in [-0.2, -0.15) is 4.31 Å². The summed E-state index contributed by atoms with van der Waals surface area (Å²) >= 11 is 0. The molecule has 2 saturated heterocycles. The maximum Gasteiger partial charge on any atom is 0.251 e. The number of hydrogen-bond donors (Lipinski definition) is 0. The first-order chi connectivity index (χ1) is 12.0. The Labute approximate surface area is 149 Å². The van der Waals surface area contributed by atoms with Gasteiger partial charge < -0.3 is 9.64 Å². The summed E-state index contributed by atoms with van der Waals surface area (Å²) in [7, 11) is -3.38. The van der Waals surface area contributed by atoms with Crippen LogP contribution in [0.1, 0.15) is 30.4 Å². The van der Waals surface area contributed by atoms with Crippen molar-refractivity contribution in [2.45, 2.75) is 38.0 Å². The van der Waals surface area contributed by atoms with E-state index in [1.807, 2.05) is 31.2 Å². The number of ether oxygens (including phenoxy) is 1. The van der Waals surface area contributed by atoms with E-state index in [1.165, 1.54) is 4.31 Å². The maximum absolute atomic E-state index is 12.7. The molecule has 0 spiro atoms. The first kappa shape index (κ1) is 18.4. The average molecular weight is 366 g/mol. The lowest BCUT2D eigenvalue weighted by Gasteiger charge is -2.24. The van der Waals surface area contributed by atoms with Gasteiger partial charge in [-0.15, -0.1) is 0 Å². The van der Waals surface area contributed by atoms with Crippen LogP contribution in [0.25, 0.3) is 0 Å². The van der Waals surface area contributed by atoms with Gasteiger partial charge >= 0.3 is 0 Å². The molecule has 1 unspecified atom stereocenters. The molecule has 0 bridgehead atoms. The molecular formula is C18H26N2O4S. The van der Waals surface area contributed by atoms with E-state index in [9.17, 15) is 13.2 Å². The normalized spacial score (nSPS) is 22.8. The van der Waals surface area contributed by atoms with Crippen molar-refractivity contribution < 1.29 is 17.9 Å². The van der Waals surface area contributed by atoms with Gasteiger partial charge in [-0.1, -0.05) is 29.8 Å². The molecule has 6 nitrogen and oxygen atoms in total. The second-order valence-electron chi connectivity index (χ2n) is 6.82. The number of benzene rings is 1. The minimum absolute atomic E-state index is 0.00691. The largest absolute Gasteiger partial charge is 0.368 e. The fourth-order valence-corrected chi connectivity index (χ4v) is 4.92. The number of carbonyl (C=O) groups excluding carboxylic acids is 1. The van der Waals surface area contributed by atoms with Crippen LogP contribution < -0.4 is 0 Å². The number of sulfonamides is 1. The van der Waals surface area contributed by atoms with Gasteiger partial charge in [0.25, 0.3) is 5.91 Å². The standard InChI is InChI=1S/C18H26N2O4S/c1-15-5-7-16(8-6-15)14-25(22,23)20-10-3-9-19(11-12-20)18(21)17-4-2-13-24-17/h5-8,17H,2-4,9-14H2,1H3. The van der Waals surface area contributed by atoms with Crippen molar-refractivity contribution in [1.82, 2.24) is 9.21 Å². The Morgan fingerprint density at radius 2 is 1.88 bits per heavy atom. The molecule has 0 saturated carbocycles. The predicted octanol–water partition coefficient (Wildman–Crippen LogP) is 1.54. The highest BCUT2D eigenvalue weighted by Crippen LogP contribution is 2.18. The van der Waals surface area contributed by atoms with E-state index in [4.69, 9.17) is 4.74 Å². The van der Waals surface area contributed by atoms with E-state index >= 15 is 0 Å². The zero-order valence-corrected chi connectivity index (χ0v) is 15.5. The van der Waals surface area contributed by atoms with Gasteiger partial charge in [0.05, 0.1) is 5.75 Å². The van der Waals surface area contributed by atoms with Crippen molar-refractivity contribution >= 4 is 15.9 Å². The summed E-state index contributed by atoms with van der Waals surface area (Å²) < 4.78 is 32.4. The lowest BCUT2D eigenvalue weighted by atomic mass is 10.2. The summed E-state index contributed by atoms with van der Waals surface area (Å²) in [5.41, 5.74) is 1.90. The SMILES string of the molecule is Cc1ccc(CS(=O)(=O)N2CCCN(C(=O)C3CCCO3)CC2)cc1. The number of hydrogen-bond acceptors (Lipinski definition) is 4. The first-order valence-electron chi connectivity index (χ1n) is 8.89. The molecule has 0 aliphatic carbocycles. The van der Waals surface area contributed by atoms with E-state index in [0.717, 1.165) is 24.0 Å². The zero-order valence-electron chi connectivity index (χ0n) is 14.7. The molecule has 1 amide bonds. The smallest absolute Gasteiger partial charge is 0.251 e. The molecule has 2 fully saturated rings. The number of amides is 1. The van der Waals surface area contributed by atoms with Crippen LogP contribution in [-0.2, 0) is 25.3 Å². The van der Waals surface area contributed by atoms with Crippen LogP contribution in [0.5, 0.6) is 0 Å². The third kappa shape index (κ3) is 4.59. The second-order valence-corrected chi connectivity index (χ2v) is 8.79. The van der Waals surface area contributed by atoms with Gasteiger partial charge in [-0.25, -0.2) is 8.42 Å². The van der Waals surface area contributed by atoms with Crippen LogP contribution in [-0.4, -0.2) is 62.4 Å². The van der Waals surface area contributed by atoms with Gasteiger partial charge in [0.15, 0.2) is 0 Å². The Morgan fingerprint density at radius 1 is 1.12 bits per heavy atom. The van der Waals surface area contributed by atoms with Gasteiger partial charge in [0, 0.05) is 32.8 Å². The third-order valence-corrected chi connectivity index (χ3v) is 6.68. The highest BCUT2D eigenvalue weighted by atomic mass is 32.2. The molecule has 1 atom stereocenters. The van der Waals surface area contributed by atoms with Gasteiger partial charge in [-0.3, -0.25) is 4.79 Å². The van der Waals surface area contributed by atoms with Crippen molar-refractivity contribution in [2.75, 3.05) is 32.8 Å². The van der Waals surface area contributed by atoms with Gasteiger partial charge in [0.1, 0.15) is 6.10 Å². The first-order valence-corrected chi connectivity index (χ1v) is 10.5. The summed E-state index contributed by atoms with van der Waals surface area (Å²) in [6.45, 7) is 4.46. The summed E-state index contributed by atoms with van der Waals surface area (Å²) in [5, 5.41) is 0. The van der Waals surface area contributed by atoms with Crippen molar-refractivity contribution in [1.29, 1.82) is 0 Å². The lowest BCUT2D eigenvalue weighted by molar-refractivity contribution is -0.140. The highest BCUT2D eigenvalue weighted by molar-refractivity contribution is 7.88. The Kier molecular flexibility index (Phi) is 5.76. The molecule has 1 aromatic carbocycles. The highest BCUT2D eigenvalue weighted by Gasteiger charge is 2.31. The lowest BCUT2D eigenvalue weighted by Crippen LogP contribution is -2.42. The van der Waals surface area contributed by atoms with E-state index in [1.54, 1.807) is 4.90 Å². The quantitative estimate of drug-likeness (QED) is 0.811. The van der Waals surface area contributed by atoms with Crippen LogP contribution in [0.15, 0.2) is 24.3 Å². The van der Waals surface area contributed by atoms with Crippen LogP contribution in [0, 0.1) is 6.92 Å². The number of carbonyl (C=O) groups is 1. The predicted molar refractivity (Wildman–Crippen MR) is 95.5 cm³/mol. The number of nitrogens with zero attached hydrogens (tertiary/aromatic N) is 2. The molecular weight excluding hydrogens is 340 g/mol. The zero-order chi connectivity index (χ0) is 17.9. The minimum atomic E-state index is -3.38. The monoisotopic (exact) mass is 366 g/mol. The third-order valence-electron chi connectivity index (χ3n) is 4.83. The summed E-state index contributed by atoms with van der Waals surface area (Å²) in [4.78, 5) is 14.2. The molecule has 0 aromatic heterocycles. The fourth-order valence-electron chi connectivity index (χ4n) is 3.35. The average Bonchev–Trinajstić information content (AvgIpc) is 3.00. The molecule has 1 aromatic rings. The van der Waals surface area contributed by atoms with E-state index in [0.29, 0.717) is 39.2 Å². The Balaban J connectivity index is 1.61. The van der Waals surface area contributed by atoms with Crippen LogP contribution >= 0.6 is 0 Å². The summed E-state index contributed by atoms with van der Waals surface area (Å²) in [5.74, 6) is 0.0164. The van der Waals surface area contributed by atoms with Crippen molar-refractivity contribution in [3.05, 3.63) is 35.4 Å². The fraction of sp³-hybridized carbons (Fsp3) is 0.611. The van der Waals surface area contributed by atoms with Crippen molar-refractivity contribution in [3.63, 3.8) is 0 Å². The van der Waals surface area contributed by atoms with Crippen LogP contribution in [0.3, 0.4) is 0 Å². The Bertz CT molecular complexity index is 696. The number of aryl methyl sites for hydroxylation is 1. The molecule has 7 heteroatoms. The molecule has 2 heterocycles. The van der Waals surface area contributed by atoms with Crippen LogP contribution in [0.2, 0.25) is 0 Å². The molecule has 3 rings (SSSR count). The van der Waals surface area contributed by atoms with E-state index in [2.05, 4.69) is 0 Å². The van der Waals surface area contributed by atoms with Gasteiger partial charge in [0.2, 0.25) is 10.0 Å². The Hall–Kier alpha value is -1.44.